The molecule has 2 aromatic rings. The highest BCUT2D eigenvalue weighted by molar-refractivity contribution is 6.12. The fourth-order valence-electron chi connectivity index (χ4n) is 11.4. The predicted molar refractivity (Wildman–Crippen MR) is 313 cm³/mol. The van der Waals surface area contributed by atoms with E-state index in [1.54, 1.807) is 14.2 Å². The summed E-state index contributed by atoms with van der Waals surface area (Å²) in [5.74, 6) is -3.05. The molecule has 4 rings (SSSR count). The van der Waals surface area contributed by atoms with Crippen LogP contribution >= 0.6 is 0 Å². The lowest BCUT2D eigenvalue weighted by Gasteiger charge is -2.36. The second kappa shape index (κ2) is 35.2. The lowest BCUT2D eigenvalue weighted by Crippen LogP contribution is -2.55. The number of carbonyl (C=O) groups is 8. The van der Waals surface area contributed by atoms with Gasteiger partial charge in [0.25, 0.3) is 11.8 Å². The number of amides is 7. The molecule has 4 N–H and O–H groups in total. The van der Waals surface area contributed by atoms with Gasteiger partial charge in [0.2, 0.25) is 29.5 Å². The van der Waals surface area contributed by atoms with E-state index in [2.05, 4.69) is 35.3 Å². The summed E-state index contributed by atoms with van der Waals surface area (Å²) in [5, 5.41) is 6.36. The number of hydrogen-bond acceptors (Lipinski definition) is 12. The number of benzene rings is 2. The van der Waals surface area contributed by atoms with Crippen molar-refractivity contribution in [1.29, 1.82) is 0 Å². The number of hydrazine groups is 1. The first-order chi connectivity index (χ1) is 38.7. The van der Waals surface area contributed by atoms with Crippen molar-refractivity contribution in [2.45, 2.75) is 182 Å². The Hall–Kier alpha value is -5.82. The van der Waals surface area contributed by atoms with Crippen molar-refractivity contribution in [3.63, 3.8) is 0 Å². The Morgan fingerprint density at radius 3 is 1.93 bits per heavy atom. The third-order valence-corrected chi connectivity index (χ3v) is 16.3. The molecule has 0 saturated carbocycles. The molecule has 10 unspecified atom stereocenters. The van der Waals surface area contributed by atoms with E-state index in [4.69, 9.17) is 14.2 Å². The van der Waals surface area contributed by atoms with Gasteiger partial charge in [-0.15, -0.1) is 0 Å². The number of methoxy groups -OCH3 is 2. The third kappa shape index (κ3) is 21.8. The first-order valence-electron chi connectivity index (χ1n) is 29.7. The fourth-order valence-corrected chi connectivity index (χ4v) is 11.4. The number of imide groups is 1. The highest BCUT2D eigenvalue weighted by Crippen LogP contribution is 2.33. The van der Waals surface area contributed by atoms with Gasteiger partial charge in [-0.3, -0.25) is 59.0 Å². The molecular formula is C63H97N7O11. The van der Waals surface area contributed by atoms with E-state index < -0.39 is 36.1 Å². The Kier molecular flexibility index (Phi) is 29.4. The fraction of sp³-hybridized carbons (Fsp3) is 0.651. The number of carbonyl (C=O) groups excluding carboxylic acids is 8. The van der Waals surface area contributed by atoms with Crippen molar-refractivity contribution in [3.8, 4) is 0 Å². The van der Waals surface area contributed by atoms with Crippen molar-refractivity contribution in [3.05, 3.63) is 83.9 Å². The number of likely N-dealkylation sites (N-methyl/N-ethyl adjacent to an activating group) is 1. The van der Waals surface area contributed by atoms with Crippen LogP contribution in [0.5, 0.6) is 0 Å². The van der Waals surface area contributed by atoms with E-state index in [9.17, 15) is 38.4 Å². The lowest BCUT2D eigenvalue weighted by atomic mass is 9.79. The minimum absolute atomic E-state index is 0.0411. The molecule has 18 nitrogen and oxygen atoms in total. The van der Waals surface area contributed by atoms with Gasteiger partial charge in [-0.25, -0.2) is 0 Å². The van der Waals surface area contributed by atoms with Crippen LogP contribution in [0.1, 0.15) is 144 Å². The van der Waals surface area contributed by atoms with Gasteiger partial charge in [0, 0.05) is 58.2 Å². The third-order valence-electron chi connectivity index (χ3n) is 16.3. The summed E-state index contributed by atoms with van der Waals surface area (Å²) in [7, 11) is 5.07. The van der Waals surface area contributed by atoms with Crippen molar-refractivity contribution >= 4 is 47.1 Å². The standard InChI is InChI=1S/C63H97N7O11/c1-12-44(6)50(52(79-10)39-57(75)69-37-22-28-51(69)61(80-11)46(8)62(77)64-49(38-47-24-16-13-17-25-47)41-81-40-48-26-18-14-19-27-48)32-31-45(7)60(76)58(42(2)3)65-63(78)59(43(4)5)68(9)35-23-30-54(72)67-66-53(71)29-20-15-21-36-70-55(73)33-34-56(70)74/h13-14,16-19,24-27,33-34,42-46,49-52,58-59,61H,12,15,20-23,28-32,35-41H2,1-11H3,(H,64,77)(H,65,78)(H,66,71)(H,67,72). The average Bonchev–Trinajstić information content (AvgIpc) is 4.08. The molecule has 2 heterocycles. The summed E-state index contributed by atoms with van der Waals surface area (Å²) >= 11 is 0. The first kappa shape index (κ1) is 67.7. The van der Waals surface area contributed by atoms with E-state index in [0.29, 0.717) is 84.2 Å². The SMILES string of the molecule is CCC(C)C(CCC(C)C(=O)C(NC(=O)C(C(C)C)N(C)CCCC(=O)NNC(=O)CCCCCN1C(=O)C=CC1=O)C(C)C)C(CC(=O)N1CCCC1C(OC)C(C)C(=O)NC(COCc1ccccc1)Cc1ccccc1)OC. The quantitative estimate of drug-likeness (QED) is 0.0301. The second-order valence-corrected chi connectivity index (χ2v) is 23.2. The molecule has 81 heavy (non-hydrogen) atoms. The van der Waals surface area contributed by atoms with E-state index in [1.165, 1.54) is 17.1 Å². The van der Waals surface area contributed by atoms with Gasteiger partial charge in [0.1, 0.15) is 0 Å². The predicted octanol–water partition coefficient (Wildman–Crippen LogP) is 7.14. The molecule has 0 spiro atoms. The van der Waals surface area contributed by atoms with Crippen molar-refractivity contribution in [2.24, 2.45) is 35.5 Å². The molecule has 2 aliphatic rings. The number of rotatable bonds is 37. The van der Waals surface area contributed by atoms with Gasteiger partial charge in [-0.05, 0) is 99.8 Å². The summed E-state index contributed by atoms with van der Waals surface area (Å²) in [4.78, 5) is 110. The molecule has 18 heteroatoms. The lowest BCUT2D eigenvalue weighted by molar-refractivity contribution is -0.143. The molecule has 0 bridgehead atoms. The number of Topliss-reactive ketones (excluding diaryl/α,β-unsaturated/α-hetero) is 1. The van der Waals surface area contributed by atoms with Crippen molar-refractivity contribution < 1.29 is 52.6 Å². The Balaban J connectivity index is 1.28. The Morgan fingerprint density at radius 2 is 1.35 bits per heavy atom. The topological polar surface area (TPSA) is 222 Å². The van der Waals surface area contributed by atoms with Crippen LogP contribution in [0.15, 0.2) is 72.8 Å². The maximum atomic E-state index is 14.5. The van der Waals surface area contributed by atoms with E-state index in [0.717, 1.165) is 24.0 Å². The summed E-state index contributed by atoms with van der Waals surface area (Å²) in [5.41, 5.74) is 7.03. The van der Waals surface area contributed by atoms with Crippen LogP contribution in [-0.2, 0) is 65.6 Å². The molecule has 0 radical (unpaired) electrons. The maximum absolute atomic E-state index is 14.5. The number of unbranched alkanes of at least 4 members (excludes halogenated alkanes) is 2. The minimum atomic E-state index is -0.734. The highest BCUT2D eigenvalue weighted by Gasteiger charge is 2.42. The molecule has 0 aromatic heterocycles. The zero-order chi connectivity index (χ0) is 59.6. The molecule has 450 valence electrons. The summed E-state index contributed by atoms with van der Waals surface area (Å²) in [6, 6.07) is 18.0. The van der Waals surface area contributed by atoms with Gasteiger partial charge < -0.3 is 29.7 Å². The van der Waals surface area contributed by atoms with Crippen LogP contribution in [0.25, 0.3) is 0 Å². The van der Waals surface area contributed by atoms with Gasteiger partial charge in [0.05, 0.1) is 61.9 Å². The molecule has 1 fully saturated rings. The molecule has 10 atom stereocenters. The molecule has 0 aliphatic carbocycles. The number of ether oxygens (including phenoxy) is 3. The van der Waals surface area contributed by atoms with E-state index >= 15 is 0 Å². The van der Waals surface area contributed by atoms with E-state index in [1.807, 2.05) is 119 Å². The number of nitrogens with zero attached hydrogens (tertiary/aromatic N) is 3. The highest BCUT2D eigenvalue weighted by atomic mass is 16.5. The van der Waals surface area contributed by atoms with Crippen LogP contribution in [0.3, 0.4) is 0 Å². The number of likely N-dealkylation sites (tertiary alicyclic amines) is 1. The zero-order valence-corrected chi connectivity index (χ0v) is 50.4. The van der Waals surface area contributed by atoms with Crippen LogP contribution < -0.4 is 21.5 Å². The minimum Gasteiger partial charge on any atom is -0.381 e. The maximum Gasteiger partial charge on any atom is 0.253 e. The van der Waals surface area contributed by atoms with Crippen LogP contribution in [-0.4, -0.2) is 146 Å². The van der Waals surface area contributed by atoms with Crippen molar-refractivity contribution in [2.75, 3.05) is 47.5 Å². The molecule has 2 aliphatic heterocycles. The Bertz CT molecular complexity index is 2320. The molecular weight excluding hydrogens is 1030 g/mol. The summed E-state index contributed by atoms with van der Waals surface area (Å²) < 4.78 is 18.4. The van der Waals surface area contributed by atoms with Crippen LogP contribution in [0, 0.1) is 35.5 Å². The van der Waals surface area contributed by atoms with Crippen LogP contribution in [0.4, 0.5) is 0 Å². The Morgan fingerprint density at radius 1 is 0.728 bits per heavy atom. The smallest absolute Gasteiger partial charge is 0.253 e. The number of nitrogens with one attached hydrogen (secondary N) is 4. The molecule has 7 amide bonds. The average molecular weight is 1130 g/mol. The van der Waals surface area contributed by atoms with Crippen LogP contribution in [0.2, 0.25) is 0 Å². The van der Waals surface area contributed by atoms with E-state index in [-0.39, 0.29) is 102 Å². The largest absolute Gasteiger partial charge is 0.381 e. The zero-order valence-electron chi connectivity index (χ0n) is 50.4. The first-order valence-corrected chi connectivity index (χ1v) is 29.7. The monoisotopic (exact) mass is 1130 g/mol. The number of ketones is 1. The number of hydrogen-bond donors (Lipinski definition) is 4. The Labute approximate surface area is 482 Å². The second-order valence-electron chi connectivity index (χ2n) is 23.2. The molecule has 2 aromatic carbocycles. The van der Waals surface area contributed by atoms with Gasteiger partial charge in [-0.2, -0.15) is 0 Å². The van der Waals surface area contributed by atoms with Crippen molar-refractivity contribution in [1.82, 2.24) is 36.2 Å². The summed E-state index contributed by atoms with van der Waals surface area (Å²) in [6.45, 7) is 17.8. The summed E-state index contributed by atoms with van der Waals surface area (Å²) in [6.07, 6.45) is 8.19. The van der Waals surface area contributed by atoms with Gasteiger partial charge in [0.15, 0.2) is 5.78 Å². The van der Waals surface area contributed by atoms with Gasteiger partial charge >= 0.3 is 0 Å². The normalized spacial score (nSPS) is 17.8. The molecule has 1 saturated heterocycles. The van der Waals surface area contributed by atoms with Gasteiger partial charge in [-0.1, -0.05) is 129 Å².